The number of nitrogens with one attached hydrogen (secondary N) is 4. The standard InChI is InChI=1S/C39H33ClF3N9O7/c1-57-34(56)29(17-20-44-32(54)33(55)46-27-15-16-30(45-21-27)59-28-5-3-2-4-6-28)48-31(53)23-7-13-26(14-8-23)47-35-49-36(51-37(50-35)58-22-39(41,42)43)52-38(18-19-38)24-9-11-25(40)12-10-24/h2-16,21H,17-20,22H2,1H3,(H,44,54)(H,46,55)(H2,47,49,50,51,52)/b48-29-. The summed E-state index contributed by atoms with van der Waals surface area (Å²) in [5.41, 5.74) is 0.570. The summed E-state index contributed by atoms with van der Waals surface area (Å²) in [4.78, 5) is 70.7. The van der Waals surface area contributed by atoms with Gasteiger partial charge in [-0.2, -0.15) is 28.1 Å². The Balaban J connectivity index is 1.06. The van der Waals surface area contributed by atoms with Gasteiger partial charge in [0.2, 0.25) is 17.8 Å². The quantitative estimate of drug-likeness (QED) is 0.0513. The summed E-state index contributed by atoms with van der Waals surface area (Å²) in [6, 6.07) is 24.1. The molecule has 0 spiro atoms. The lowest BCUT2D eigenvalue weighted by molar-refractivity contribution is -0.154. The first-order valence-electron chi connectivity index (χ1n) is 17.6. The third kappa shape index (κ3) is 11.9. The number of para-hydroxylation sites is 1. The van der Waals surface area contributed by atoms with E-state index in [4.69, 9.17) is 25.8 Å². The zero-order chi connectivity index (χ0) is 42.0. The molecule has 20 heteroatoms. The van der Waals surface area contributed by atoms with Crippen molar-refractivity contribution in [3.63, 3.8) is 0 Å². The molecular weight excluding hydrogens is 799 g/mol. The van der Waals surface area contributed by atoms with Crippen LogP contribution in [-0.4, -0.2) is 75.8 Å². The van der Waals surface area contributed by atoms with Crippen LogP contribution < -0.4 is 30.7 Å². The fourth-order valence-electron chi connectivity index (χ4n) is 5.29. The molecule has 2 aromatic heterocycles. The number of anilines is 4. The molecule has 3 amide bonds. The van der Waals surface area contributed by atoms with E-state index in [2.05, 4.69) is 46.2 Å². The monoisotopic (exact) mass is 831 g/mol. The Kier molecular flexibility index (Phi) is 12.9. The SMILES string of the molecule is COC(=O)/C(CCNC(=O)C(=O)Nc1ccc(Oc2ccccc2)nc1)=N\C(=O)c1ccc(Nc2nc(NC3(c4ccc(Cl)cc4)CC3)nc(OCC(F)(F)F)n2)cc1. The highest BCUT2D eigenvalue weighted by Crippen LogP contribution is 2.48. The summed E-state index contributed by atoms with van der Waals surface area (Å²) in [5.74, 6) is -3.18. The van der Waals surface area contributed by atoms with Gasteiger partial charge in [-0.3, -0.25) is 14.4 Å². The van der Waals surface area contributed by atoms with Crippen molar-refractivity contribution in [2.45, 2.75) is 31.0 Å². The lowest BCUT2D eigenvalue weighted by atomic mass is 10.1. The van der Waals surface area contributed by atoms with Crippen LogP contribution in [0.15, 0.2) is 102 Å². The predicted octanol–water partition coefficient (Wildman–Crippen LogP) is 6.40. The van der Waals surface area contributed by atoms with E-state index in [1.807, 2.05) is 18.2 Å². The van der Waals surface area contributed by atoms with Crippen LogP contribution in [-0.2, 0) is 24.7 Å². The number of hydrogen-bond donors (Lipinski definition) is 4. The molecule has 16 nitrogen and oxygen atoms in total. The summed E-state index contributed by atoms with van der Waals surface area (Å²) in [6.45, 7) is -1.89. The number of methoxy groups -OCH3 is 1. The van der Waals surface area contributed by atoms with Crippen LogP contribution in [0.5, 0.6) is 17.6 Å². The topological polar surface area (TPSA) is 208 Å². The van der Waals surface area contributed by atoms with Crippen LogP contribution in [0.2, 0.25) is 5.02 Å². The van der Waals surface area contributed by atoms with Crippen LogP contribution in [0.3, 0.4) is 0 Å². The summed E-state index contributed by atoms with van der Waals surface area (Å²) in [6.07, 6.45) is -2.21. The van der Waals surface area contributed by atoms with Crippen molar-refractivity contribution in [1.82, 2.24) is 25.3 Å². The molecule has 5 aromatic rings. The van der Waals surface area contributed by atoms with Crippen molar-refractivity contribution in [1.29, 1.82) is 0 Å². The Morgan fingerprint density at radius 1 is 0.847 bits per heavy atom. The second-order valence-electron chi connectivity index (χ2n) is 12.7. The van der Waals surface area contributed by atoms with Crippen molar-refractivity contribution in [2.24, 2.45) is 4.99 Å². The minimum Gasteiger partial charge on any atom is -0.465 e. The van der Waals surface area contributed by atoms with E-state index in [1.54, 1.807) is 36.4 Å². The molecule has 0 unspecified atom stereocenters. The summed E-state index contributed by atoms with van der Waals surface area (Å²) in [5, 5.41) is 11.3. The Hall–Kier alpha value is -7.15. The van der Waals surface area contributed by atoms with Crippen LogP contribution in [0.4, 0.5) is 36.4 Å². The smallest absolute Gasteiger partial charge is 0.422 e. The van der Waals surface area contributed by atoms with Gasteiger partial charge >= 0.3 is 30.0 Å². The highest BCUT2D eigenvalue weighted by atomic mass is 35.5. The molecule has 2 heterocycles. The number of carbonyl (C=O) groups is 4. The molecule has 4 N–H and O–H groups in total. The molecule has 0 bridgehead atoms. The maximum atomic E-state index is 13.1. The number of benzene rings is 3. The fourth-order valence-corrected chi connectivity index (χ4v) is 5.42. The molecule has 0 atom stereocenters. The fraction of sp³-hybridized carbons (Fsp3) is 0.205. The van der Waals surface area contributed by atoms with Crippen LogP contribution >= 0.6 is 11.6 Å². The molecule has 0 saturated heterocycles. The van der Waals surface area contributed by atoms with Gasteiger partial charge in [0.25, 0.3) is 5.91 Å². The molecule has 59 heavy (non-hydrogen) atoms. The van der Waals surface area contributed by atoms with Crippen LogP contribution in [0.1, 0.15) is 35.2 Å². The van der Waals surface area contributed by atoms with Crippen molar-refractivity contribution < 1.29 is 46.6 Å². The summed E-state index contributed by atoms with van der Waals surface area (Å²) in [7, 11) is 1.09. The van der Waals surface area contributed by atoms with E-state index in [9.17, 15) is 32.3 Å². The number of nitrogens with zero attached hydrogens (tertiary/aromatic N) is 5. The number of amides is 3. The molecule has 0 aliphatic heterocycles. The van der Waals surface area contributed by atoms with Crippen molar-refractivity contribution in [3.8, 4) is 17.6 Å². The second-order valence-corrected chi connectivity index (χ2v) is 13.1. The molecule has 1 aliphatic rings. The molecule has 1 saturated carbocycles. The Bertz CT molecular complexity index is 2330. The Morgan fingerprint density at radius 3 is 2.19 bits per heavy atom. The average molecular weight is 832 g/mol. The van der Waals surface area contributed by atoms with Gasteiger partial charge in [-0.15, -0.1) is 0 Å². The van der Waals surface area contributed by atoms with E-state index in [-0.39, 0.29) is 47.7 Å². The first-order valence-corrected chi connectivity index (χ1v) is 18.0. The zero-order valence-electron chi connectivity index (χ0n) is 30.9. The van der Waals surface area contributed by atoms with Crippen molar-refractivity contribution in [2.75, 3.05) is 36.2 Å². The largest absolute Gasteiger partial charge is 0.465 e. The molecule has 0 radical (unpaired) electrons. The molecular formula is C39H33ClF3N9O7. The number of halogens is 4. The van der Waals surface area contributed by atoms with Crippen molar-refractivity contribution in [3.05, 3.63) is 113 Å². The van der Waals surface area contributed by atoms with Gasteiger partial charge in [0.05, 0.1) is 24.5 Å². The number of pyridine rings is 1. The van der Waals surface area contributed by atoms with E-state index in [0.717, 1.165) is 12.7 Å². The third-order valence-corrected chi connectivity index (χ3v) is 8.59. The highest BCUT2D eigenvalue weighted by Gasteiger charge is 2.45. The molecule has 1 fully saturated rings. The van der Waals surface area contributed by atoms with Gasteiger partial charge in [-0.25, -0.2) is 14.8 Å². The summed E-state index contributed by atoms with van der Waals surface area (Å²) < 4.78 is 54.1. The van der Waals surface area contributed by atoms with Gasteiger partial charge in [-0.1, -0.05) is 41.9 Å². The van der Waals surface area contributed by atoms with Crippen LogP contribution in [0.25, 0.3) is 0 Å². The number of aromatic nitrogens is 4. The minimum absolute atomic E-state index is 0.0417. The number of rotatable bonds is 15. The molecule has 3 aromatic carbocycles. The zero-order valence-corrected chi connectivity index (χ0v) is 31.6. The van der Waals surface area contributed by atoms with E-state index in [1.165, 1.54) is 42.6 Å². The first-order chi connectivity index (χ1) is 28.3. The van der Waals surface area contributed by atoms with Gasteiger partial charge in [0, 0.05) is 35.3 Å². The highest BCUT2D eigenvalue weighted by molar-refractivity contribution is 6.40. The number of aliphatic imine (C=N–C) groups is 1. The van der Waals surface area contributed by atoms with E-state index < -0.39 is 48.0 Å². The minimum atomic E-state index is -4.65. The predicted molar refractivity (Wildman–Crippen MR) is 208 cm³/mol. The van der Waals surface area contributed by atoms with Crippen molar-refractivity contribution >= 4 is 64.3 Å². The molecule has 1 aliphatic carbocycles. The van der Waals surface area contributed by atoms with Gasteiger partial charge < -0.3 is 35.5 Å². The van der Waals surface area contributed by atoms with E-state index >= 15 is 0 Å². The number of hydrogen-bond acceptors (Lipinski definition) is 13. The maximum absolute atomic E-state index is 13.1. The lowest BCUT2D eigenvalue weighted by Crippen LogP contribution is -2.37. The number of carbonyl (C=O) groups excluding carboxylic acids is 4. The van der Waals surface area contributed by atoms with Crippen LogP contribution in [0, 0.1) is 0 Å². The number of alkyl halides is 3. The van der Waals surface area contributed by atoms with Gasteiger partial charge in [0.1, 0.15) is 11.5 Å². The average Bonchev–Trinajstić information content (AvgIpc) is 4.00. The Labute approximate surface area is 338 Å². The first kappa shape index (κ1) is 41.5. The summed E-state index contributed by atoms with van der Waals surface area (Å²) >= 11 is 6.03. The molecule has 304 valence electrons. The maximum Gasteiger partial charge on any atom is 0.422 e. The van der Waals surface area contributed by atoms with Gasteiger partial charge in [0.15, 0.2) is 6.61 Å². The second kappa shape index (κ2) is 18.4. The Morgan fingerprint density at radius 2 is 1.54 bits per heavy atom. The number of esters is 1. The molecule has 6 rings (SSSR count). The lowest BCUT2D eigenvalue weighted by Gasteiger charge is -2.19. The number of ether oxygens (including phenoxy) is 3. The van der Waals surface area contributed by atoms with Gasteiger partial charge in [-0.05, 0) is 73.0 Å². The normalized spacial score (nSPS) is 13.1. The third-order valence-electron chi connectivity index (χ3n) is 8.34. The van der Waals surface area contributed by atoms with E-state index in [0.29, 0.717) is 29.3 Å².